The highest BCUT2D eigenvalue weighted by atomic mass is 32.1. The van der Waals surface area contributed by atoms with Crippen molar-refractivity contribution in [1.82, 2.24) is 0 Å². The van der Waals surface area contributed by atoms with Crippen LogP contribution in [0.15, 0.2) is 144 Å². The number of nitriles is 2. The summed E-state index contributed by atoms with van der Waals surface area (Å²) in [6.45, 7) is 24.5. The standard InChI is InChI=1S/C81H90F6N4O12S2/c1-8-13-43-93-73-67(36-28-56-22-29-61(30-23-56)91(12-5)41-19-17-18-20-42-92)104-69(75(73)95-45-15-10-3)38-39-70-76(96-46-16-11-4)74(94-44-14-9-2)68(105-70)37-35-66-71(90-7)72(60(51-88)52-89)103-81(66,6)40-21-47-99-100-55-59-48-64(97-53-57-24-31-62(32-25-57)101-79(86)77(82)83)50-65(49-59)98-54-58-26-33-63(34-27-58)102-80(87)78(84)85/h22-39,48-50,92H,8-21,40-47,53-55H2,1-6H3/b36-28+,37-35+,39-38+. The second-order valence-corrected chi connectivity index (χ2v) is 26.5. The molecule has 0 saturated carbocycles. The predicted molar refractivity (Wildman–Crippen MR) is 398 cm³/mol. The molecule has 1 N–H and O–H groups in total. The van der Waals surface area contributed by atoms with Crippen molar-refractivity contribution in [2.45, 2.75) is 157 Å². The molecule has 0 fully saturated rings. The van der Waals surface area contributed by atoms with Gasteiger partial charge in [0, 0.05) is 37.0 Å². The van der Waals surface area contributed by atoms with E-state index in [-0.39, 0.29) is 74.4 Å². The summed E-state index contributed by atoms with van der Waals surface area (Å²) >= 11 is 3.01. The molecule has 3 heterocycles. The van der Waals surface area contributed by atoms with Crippen LogP contribution in [0.1, 0.15) is 173 Å². The first kappa shape index (κ1) is 82.7. The van der Waals surface area contributed by atoms with Crippen LogP contribution in [-0.2, 0) is 34.3 Å². The number of aliphatic hydroxyl groups is 1. The zero-order valence-electron chi connectivity index (χ0n) is 60.1. The molecule has 0 saturated heterocycles. The van der Waals surface area contributed by atoms with Crippen LogP contribution in [0, 0.1) is 29.2 Å². The van der Waals surface area contributed by atoms with Gasteiger partial charge in [0.1, 0.15) is 60.6 Å². The number of thiophene rings is 2. The Hall–Kier alpha value is -9.61. The highest BCUT2D eigenvalue weighted by Crippen LogP contribution is 2.50. The van der Waals surface area contributed by atoms with Crippen LogP contribution in [0.25, 0.3) is 35.2 Å². The summed E-state index contributed by atoms with van der Waals surface area (Å²) in [5, 5.41) is 29.5. The lowest BCUT2D eigenvalue weighted by Gasteiger charge is -2.27. The van der Waals surface area contributed by atoms with Crippen molar-refractivity contribution < 1.29 is 83.9 Å². The van der Waals surface area contributed by atoms with Crippen LogP contribution in [0.3, 0.4) is 0 Å². The SMILES string of the molecule is [C-]#[N+]C1=C(/C=C/c2sc(/C=C/c3sc(/C=C/c4ccc(N(CC)CCCCCCO)cc4)c(OCCCC)c3OCCCC)c(OCCCC)c2OCCCC)C(C)(CCCOOCc2cc(OCc3ccc(OC(F)=C(F)F)cc3)cc(OCc3ccc(OC(F)=C(F)F)cc3)c2)OC1=C(C#N)C#N. The summed E-state index contributed by atoms with van der Waals surface area (Å²) in [5.41, 5.74) is 2.62. The van der Waals surface area contributed by atoms with Gasteiger partial charge in [-0.15, -0.1) is 22.7 Å². The van der Waals surface area contributed by atoms with Gasteiger partial charge in [0.2, 0.25) is 5.70 Å². The number of aliphatic hydroxyl groups excluding tert-OH is 1. The third-order valence-electron chi connectivity index (χ3n) is 16.3. The van der Waals surface area contributed by atoms with Gasteiger partial charge in [0.05, 0.1) is 59.1 Å². The van der Waals surface area contributed by atoms with Gasteiger partial charge in [-0.3, -0.25) is 0 Å². The van der Waals surface area contributed by atoms with E-state index in [1.165, 1.54) is 59.9 Å². The van der Waals surface area contributed by atoms with E-state index in [1.54, 1.807) is 42.5 Å². The molecule has 560 valence electrons. The first-order valence-electron chi connectivity index (χ1n) is 35.3. The van der Waals surface area contributed by atoms with Crippen LogP contribution < -0.4 is 42.8 Å². The largest absolute Gasteiger partial charge is 0.493 e. The Labute approximate surface area is 619 Å². The summed E-state index contributed by atoms with van der Waals surface area (Å²) in [5.74, 6) is 2.57. The Kier molecular flexibility index (Phi) is 34.8. The summed E-state index contributed by atoms with van der Waals surface area (Å²) in [6, 6.07) is 24.4. The lowest BCUT2D eigenvalue weighted by Crippen LogP contribution is -2.26. The molecule has 1 atom stereocenters. The zero-order valence-corrected chi connectivity index (χ0v) is 61.7. The molecule has 6 aromatic rings. The molecule has 105 heavy (non-hydrogen) atoms. The second-order valence-electron chi connectivity index (χ2n) is 24.4. The Morgan fingerprint density at radius 2 is 0.981 bits per heavy atom. The number of allylic oxidation sites excluding steroid dienone is 1. The van der Waals surface area contributed by atoms with Gasteiger partial charge in [-0.05, 0) is 160 Å². The summed E-state index contributed by atoms with van der Waals surface area (Å²) < 4.78 is 132. The smallest absolute Gasteiger partial charge is 0.344 e. The molecule has 24 heteroatoms. The van der Waals surface area contributed by atoms with Crippen molar-refractivity contribution in [3.63, 3.8) is 0 Å². The molecular weight excluding hydrogens is 1400 g/mol. The minimum atomic E-state index is -2.60. The molecule has 7 rings (SSSR count). The van der Waals surface area contributed by atoms with Crippen molar-refractivity contribution in [2.75, 3.05) is 57.6 Å². The highest BCUT2D eigenvalue weighted by Gasteiger charge is 2.42. The van der Waals surface area contributed by atoms with E-state index in [4.69, 9.17) is 49.5 Å². The normalized spacial score (nSPS) is 13.4. The Morgan fingerprint density at radius 3 is 1.41 bits per heavy atom. The number of anilines is 1. The van der Waals surface area contributed by atoms with Gasteiger partial charge >= 0.3 is 24.2 Å². The number of ether oxygens (including phenoxy) is 9. The topological polar surface area (TPSA) is 177 Å². The predicted octanol–water partition coefficient (Wildman–Crippen LogP) is 22.4. The lowest BCUT2D eigenvalue weighted by molar-refractivity contribution is -0.304. The number of hydrogen-bond donors (Lipinski definition) is 1. The second kappa shape index (κ2) is 44.3. The van der Waals surface area contributed by atoms with Crippen LogP contribution in [0.5, 0.6) is 46.0 Å². The van der Waals surface area contributed by atoms with E-state index in [2.05, 4.69) is 90.3 Å². The fourth-order valence-electron chi connectivity index (χ4n) is 10.6. The molecule has 0 radical (unpaired) electrons. The first-order chi connectivity index (χ1) is 51.0. The maximum atomic E-state index is 13.5. The van der Waals surface area contributed by atoms with Crippen molar-refractivity contribution in [2.24, 2.45) is 0 Å². The summed E-state index contributed by atoms with van der Waals surface area (Å²) in [4.78, 5) is 20.9. The van der Waals surface area contributed by atoms with E-state index >= 15 is 0 Å². The number of nitrogens with zero attached hydrogens (tertiary/aromatic N) is 4. The van der Waals surface area contributed by atoms with Gasteiger partial charge in [0.25, 0.3) is 0 Å². The Morgan fingerprint density at radius 1 is 0.524 bits per heavy atom. The molecule has 0 spiro atoms. The van der Waals surface area contributed by atoms with Gasteiger partial charge in [-0.25, -0.2) is 14.6 Å². The number of halogens is 6. The summed E-state index contributed by atoms with van der Waals surface area (Å²) in [6.07, 6.45) is 18.0. The number of unbranched alkanes of at least 4 members (excludes halogenated alkanes) is 7. The van der Waals surface area contributed by atoms with E-state index in [0.717, 1.165) is 116 Å². The monoisotopic (exact) mass is 1490 g/mol. The molecule has 4 aromatic carbocycles. The highest BCUT2D eigenvalue weighted by molar-refractivity contribution is 7.15. The molecule has 0 bridgehead atoms. The van der Waals surface area contributed by atoms with Crippen LogP contribution in [0.4, 0.5) is 32.0 Å². The number of hydrogen-bond acceptors (Lipinski definition) is 17. The van der Waals surface area contributed by atoms with Crippen molar-refractivity contribution in [1.29, 1.82) is 10.5 Å². The number of rotatable bonds is 47. The average Bonchev–Trinajstić information content (AvgIpc) is 1.59. The third-order valence-corrected chi connectivity index (χ3v) is 18.5. The Bertz CT molecular complexity index is 4000. The Balaban J connectivity index is 1.14. The van der Waals surface area contributed by atoms with E-state index in [0.29, 0.717) is 88.1 Å². The van der Waals surface area contributed by atoms with Gasteiger partial charge < -0.3 is 52.6 Å². The van der Waals surface area contributed by atoms with Crippen LogP contribution in [0.2, 0.25) is 0 Å². The van der Waals surface area contributed by atoms with Crippen LogP contribution in [-0.4, -0.2) is 63.4 Å². The molecule has 0 aliphatic carbocycles. The molecule has 0 amide bonds. The van der Waals surface area contributed by atoms with Crippen molar-refractivity contribution in [3.8, 4) is 58.1 Å². The minimum absolute atomic E-state index is 0.00529. The average molecular weight is 1490 g/mol. The third kappa shape index (κ3) is 25.6. The van der Waals surface area contributed by atoms with E-state index in [9.17, 15) is 42.0 Å². The van der Waals surface area contributed by atoms with Gasteiger partial charge in [-0.1, -0.05) is 115 Å². The molecule has 2 aromatic heterocycles. The molecule has 1 aliphatic rings. The minimum Gasteiger partial charge on any atom is -0.493 e. The lowest BCUT2D eigenvalue weighted by atomic mass is 9.90. The molecule has 1 aliphatic heterocycles. The fraction of sp³-hybridized carbons (Fsp3) is 0.395. The molecular formula is C81H90F6N4O12S2. The number of benzene rings is 4. The quantitative estimate of drug-likeness (QED) is 0.00725. The maximum Gasteiger partial charge on any atom is 0.344 e. The molecule has 1 unspecified atom stereocenters. The zero-order chi connectivity index (χ0) is 75.4. The van der Waals surface area contributed by atoms with E-state index in [1.807, 2.05) is 30.4 Å². The summed E-state index contributed by atoms with van der Waals surface area (Å²) in [7, 11) is 0. The van der Waals surface area contributed by atoms with Crippen molar-refractivity contribution in [3.05, 3.63) is 197 Å². The molecule has 16 nitrogen and oxygen atoms in total. The van der Waals surface area contributed by atoms with Gasteiger partial charge in [0.15, 0.2) is 34.3 Å². The van der Waals surface area contributed by atoms with Gasteiger partial charge in [-0.2, -0.15) is 36.9 Å². The fourth-order valence-corrected chi connectivity index (χ4v) is 12.6. The first-order valence-corrected chi connectivity index (χ1v) is 37.0. The van der Waals surface area contributed by atoms with E-state index < -0.39 is 29.8 Å². The van der Waals surface area contributed by atoms with Crippen molar-refractivity contribution >= 4 is 58.7 Å². The van der Waals surface area contributed by atoms with Crippen LogP contribution >= 0.6 is 22.7 Å². The maximum absolute atomic E-state index is 13.5.